The molecule has 0 bridgehead atoms. The normalized spacial score (nSPS) is 12.9. The molecule has 15 heavy (non-hydrogen) atoms. The van der Waals surface area contributed by atoms with Crippen LogP contribution >= 0.6 is 0 Å². The fourth-order valence-electron chi connectivity index (χ4n) is 0.919. The Hall–Kier alpha value is 0.351. The van der Waals surface area contributed by atoms with Crippen LogP contribution in [0.5, 0.6) is 0 Å². The lowest BCUT2D eigenvalue weighted by molar-refractivity contribution is 0.559. The number of hydrogen-bond donors (Lipinski definition) is 0. The average molecular weight is 263 g/mol. The van der Waals surface area contributed by atoms with Crippen molar-refractivity contribution in [1.82, 2.24) is 0 Å². The second-order valence-corrected chi connectivity index (χ2v) is 21.3. The van der Waals surface area contributed by atoms with Crippen molar-refractivity contribution >= 4 is 24.7 Å². The molecule has 0 aromatic heterocycles. The summed E-state index contributed by atoms with van der Waals surface area (Å²) in [5.41, 5.74) is 2.08. The zero-order valence-corrected chi connectivity index (χ0v) is 15.2. The molecule has 0 fully saturated rings. The van der Waals surface area contributed by atoms with Crippen molar-refractivity contribution in [2.24, 2.45) is 0 Å². The molecule has 0 unspecified atom stereocenters. The van der Waals surface area contributed by atoms with Gasteiger partial charge in [0.2, 0.25) is 0 Å². The molecular formula is C11H30OSi3. The smallest absolute Gasteiger partial charge is 0.170 e. The summed E-state index contributed by atoms with van der Waals surface area (Å²) < 4.78 is 5.90. The van der Waals surface area contributed by atoms with Crippen molar-refractivity contribution in [3.8, 4) is 0 Å². The van der Waals surface area contributed by atoms with Gasteiger partial charge in [0, 0.05) is 0 Å². The Morgan fingerprint density at radius 2 is 0.933 bits per heavy atom. The highest BCUT2D eigenvalue weighted by Crippen LogP contribution is 2.12. The van der Waals surface area contributed by atoms with Gasteiger partial charge in [0.05, 0.1) is 8.07 Å². The minimum Gasteiger partial charge on any atom is -0.456 e. The maximum absolute atomic E-state index is 5.90. The standard InChI is InChI=1S/C6H18OSi2.C5H12Si/c1-8(2,3)7-9(4,5)6;1-5-6(2,3)4/h1-6H3;5H,1H2,2-4H3. The molecule has 0 rings (SSSR count). The molecule has 0 aromatic rings. The third kappa shape index (κ3) is 25.0. The first-order chi connectivity index (χ1) is 6.27. The molecule has 4 heteroatoms. The summed E-state index contributed by atoms with van der Waals surface area (Å²) in [5, 5.41) is 0. The molecule has 0 aliphatic carbocycles. The maximum Gasteiger partial charge on any atom is 0.170 e. The Bertz CT molecular complexity index is 169. The van der Waals surface area contributed by atoms with Gasteiger partial charge in [-0.1, -0.05) is 19.6 Å². The molecule has 0 N–H and O–H groups in total. The summed E-state index contributed by atoms with van der Waals surface area (Å²) in [6.07, 6.45) is 0. The Morgan fingerprint density at radius 1 is 0.733 bits per heavy atom. The minimum atomic E-state index is -1.23. The van der Waals surface area contributed by atoms with Gasteiger partial charge in [-0.3, -0.25) is 0 Å². The minimum absolute atomic E-state index is 0.867. The number of rotatable bonds is 3. The summed E-state index contributed by atoms with van der Waals surface area (Å²) in [7, 11) is -3.33. The Morgan fingerprint density at radius 3 is 0.933 bits per heavy atom. The third-order valence-corrected chi connectivity index (χ3v) is 7.35. The zero-order valence-electron chi connectivity index (χ0n) is 12.2. The molecule has 0 radical (unpaired) electrons. The Kier molecular flexibility index (Phi) is 7.30. The van der Waals surface area contributed by atoms with E-state index in [0.29, 0.717) is 0 Å². The molecule has 0 aliphatic heterocycles. The molecule has 0 amide bonds. The van der Waals surface area contributed by atoms with Gasteiger partial charge in [-0.05, 0) is 39.3 Å². The van der Waals surface area contributed by atoms with Gasteiger partial charge in [0.1, 0.15) is 0 Å². The van der Waals surface area contributed by atoms with Crippen molar-refractivity contribution < 1.29 is 4.12 Å². The Labute approximate surface area is 100 Å². The molecule has 1 nitrogen and oxygen atoms in total. The topological polar surface area (TPSA) is 9.23 Å². The van der Waals surface area contributed by atoms with Crippen LogP contribution in [0.3, 0.4) is 0 Å². The Balaban J connectivity index is 0. The van der Waals surface area contributed by atoms with Crippen molar-refractivity contribution in [3.63, 3.8) is 0 Å². The third-order valence-electron chi connectivity index (χ3n) is 1.22. The van der Waals surface area contributed by atoms with Crippen molar-refractivity contribution in [3.05, 3.63) is 12.3 Å². The van der Waals surface area contributed by atoms with E-state index in [0.717, 1.165) is 0 Å². The molecule has 0 aromatic carbocycles. The monoisotopic (exact) mass is 262 g/mol. The van der Waals surface area contributed by atoms with Crippen LogP contribution in [0.4, 0.5) is 0 Å². The van der Waals surface area contributed by atoms with E-state index in [2.05, 4.69) is 71.2 Å². The zero-order chi connectivity index (χ0) is 12.9. The lowest BCUT2D eigenvalue weighted by Crippen LogP contribution is -2.39. The second-order valence-electron chi connectivity index (χ2n) is 6.90. The van der Waals surface area contributed by atoms with Gasteiger partial charge in [0.15, 0.2) is 16.6 Å². The number of hydrogen-bond acceptors (Lipinski definition) is 1. The fourth-order valence-corrected chi connectivity index (χ4v) is 8.27. The highest BCUT2D eigenvalue weighted by atomic mass is 28.4. The summed E-state index contributed by atoms with van der Waals surface area (Å²) >= 11 is 0. The quantitative estimate of drug-likeness (QED) is 0.669. The maximum atomic E-state index is 5.90. The van der Waals surface area contributed by atoms with Crippen molar-refractivity contribution in [2.45, 2.75) is 58.9 Å². The lowest BCUT2D eigenvalue weighted by atomic mass is 11.3. The van der Waals surface area contributed by atoms with E-state index in [9.17, 15) is 0 Å². The SMILES string of the molecule is C=C[Si](C)(C)C.C[Si](C)(C)O[Si](C)(C)C. The molecular weight excluding hydrogens is 232 g/mol. The van der Waals surface area contributed by atoms with Crippen LogP contribution in [0.25, 0.3) is 0 Å². The van der Waals surface area contributed by atoms with Gasteiger partial charge in [-0.2, -0.15) is 0 Å². The molecule has 0 heterocycles. The highest BCUT2D eigenvalue weighted by Gasteiger charge is 2.24. The summed E-state index contributed by atoms with van der Waals surface area (Å²) in [5.74, 6) is 0. The molecule has 0 atom stereocenters. The predicted molar refractivity (Wildman–Crippen MR) is 81.3 cm³/mol. The molecule has 0 saturated carbocycles. The van der Waals surface area contributed by atoms with Gasteiger partial charge in [0.25, 0.3) is 0 Å². The van der Waals surface area contributed by atoms with Crippen LogP contribution in [0.2, 0.25) is 58.9 Å². The largest absolute Gasteiger partial charge is 0.456 e. The average Bonchev–Trinajstić information content (AvgIpc) is 1.78. The van der Waals surface area contributed by atoms with Crippen LogP contribution < -0.4 is 0 Å². The second kappa shape index (κ2) is 6.18. The van der Waals surface area contributed by atoms with Crippen molar-refractivity contribution in [2.75, 3.05) is 0 Å². The van der Waals surface area contributed by atoms with E-state index in [-0.39, 0.29) is 0 Å². The van der Waals surface area contributed by atoms with Gasteiger partial charge in [-0.25, -0.2) is 0 Å². The van der Waals surface area contributed by atoms with Gasteiger partial charge in [-0.15, -0.1) is 12.3 Å². The van der Waals surface area contributed by atoms with E-state index in [4.69, 9.17) is 4.12 Å². The molecule has 92 valence electrons. The fraction of sp³-hybridized carbons (Fsp3) is 0.818. The lowest BCUT2D eigenvalue weighted by Gasteiger charge is -2.27. The van der Waals surface area contributed by atoms with Crippen LogP contribution in [-0.2, 0) is 4.12 Å². The van der Waals surface area contributed by atoms with Gasteiger partial charge < -0.3 is 4.12 Å². The highest BCUT2D eigenvalue weighted by molar-refractivity contribution is 6.83. The first-order valence-corrected chi connectivity index (χ1v) is 16.0. The van der Waals surface area contributed by atoms with Gasteiger partial charge >= 0.3 is 0 Å². The van der Waals surface area contributed by atoms with E-state index in [1.807, 2.05) is 0 Å². The first-order valence-electron chi connectivity index (χ1n) is 5.61. The molecule has 0 aliphatic rings. The van der Waals surface area contributed by atoms with E-state index in [1.54, 1.807) is 0 Å². The van der Waals surface area contributed by atoms with E-state index >= 15 is 0 Å². The summed E-state index contributed by atoms with van der Waals surface area (Å²) in [6, 6.07) is 0. The van der Waals surface area contributed by atoms with E-state index in [1.165, 1.54) is 0 Å². The molecule has 0 saturated heterocycles. The van der Waals surface area contributed by atoms with Crippen molar-refractivity contribution in [1.29, 1.82) is 0 Å². The van der Waals surface area contributed by atoms with E-state index < -0.39 is 24.7 Å². The van der Waals surface area contributed by atoms with Crippen LogP contribution in [0.15, 0.2) is 12.3 Å². The summed E-state index contributed by atoms with van der Waals surface area (Å²) in [6.45, 7) is 23.9. The van der Waals surface area contributed by atoms with Crippen LogP contribution in [0, 0.1) is 0 Å². The molecule has 0 spiro atoms. The van der Waals surface area contributed by atoms with Crippen LogP contribution in [-0.4, -0.2) is 24.7 Å². The summed E-state index contributed by atoms with van der Waals surface area (Å²) in [4.78, 5) is 0. The first kappa shape index (κ1) is 17.7. The van der Waals surface area contributed by atoms with Crippen LogP contribution in [0.1, 0.15) is 0 Å². The predicted octanol–water partition coefficient (Wildman–Crippen LogP) is 4.72.